The summed E-state index contributed by atoms with van der Waals surface area (Å²) < 4.78 is 7.78. The van der Waals surface area contributed by atoms with Crippen LogP contribution in [-0.2, 0) is 4.79 Å². The van der Waals surface area contributed by atoms with Crippen LogP contribution in [0, 0.1) is 0 Å². The molecule has 1 aromatic carbocycles. The molecule has 0 atom stereocenters. The van der Waals surface area contributed by atoms with Gasteiger partial charge < -0.3 is 9.73 Å². The second-order valence-corrected chi connectivity index (χ2v) is 6.51. The van der Waals surface area contributed by atoms with Gasteiger partial charge in [0.2, 0.25) is 5.91 Å². The van der Waals surface area contributed by atoms with E-state index in [0.29, 0.717) is 22.2 Å². The average molecular weight is 400 g/mol. The molecule has 2 heterocycles. The van der Waals surface area contributed by atoms with Gasteiger partial charge in [-0.2, -0.15) is 0 Å². The van der Waals surface area contributed by atoms with E-state index in [1.165, 1.54) is 6.08 Å². The van der Waals surface area contributed by atoms with Crippen molar-refractivity contribution < 1.29 is 9.21 Å². The highest BCUT2D eigenvalue weighted by atomic mass is 79.9. The molecule has 0 unspecified atom stereocenters. The molecule has 1 amide bonds. The van der Waals surface area contributed by atoms with Crippen molar-refractivity contribution in [3.05, 3.63) is 52.9 Å². The molecule has 0 spiro atoms. The lowest BCUT2D eigenvalue weighted by atomic mass is 10.2. The van der Waals surface area contributed by atoms with Gasteiger partial charge in [-0.3, -0.25) is 4.79 Å². The van der Waals surface area contributed by atoms with Crippen LogP contribution in [0.5, 0.6) is 0 Å². The van der Waals surface area contributed by atoms with Crippen molar-refractivity contribution in [2.45, 2.75) is 18.9 Å². The molecule has 0 bridgehead atoms. The van der Waals surface area contributed by atoms with Crippen molar-refractivity contribution >= 4 is 33.6 Å². The first kappa shape index (κ1) is 15.8. The Bertz CT molecular complexity index is 942. The lowest BCUT2D eigenvalue weighted by Gasteiger charge is -2.06. The summed E-state index contributed by atoms with van der Waals surface area (Å²) in [5.41, 5.74) is 1.55. The second-order valence-electron chi connectivity index (χ2n) is 5.72. The van der Waals surface area contributed by atoms with E-state index in [1.807, 2.05) is 28.9 Å². The molecule has 3 aromatic rings. The molecule has 1 aliphatic carbocycles. The minimum atomic E-state index is -0.244. The maximum absolute atomic E-state index is 12.1. The molecule has 4 rings (SSSR count). The smallest absolute Gasteiger partial charge is 0.248 e. The van der Waals surface area contributed by atoms with E-state index in [-0.39, 0.29) is 5.91 Å². The number of furan rings is 1. The fraction of sp³-hybridized carbons (Fsp3) is 0.176. The topological polar surface area (TPSA) is 85.8 Å². The van der Waals surface area contributed by atoms with Crippen molar-refractivity contribution in [3.63, 3.8) is 0 Å². The molecule has 8 heteroatoms. The SMILES string of the molecule is O=C(/C=C/c1ccc(Br)o1)Nc1cccc(-c2nnnn2C2CC2)c1. The first-order valence-corrected chi connectivity index (χ1v) is 8.61. The highest BCUT2D eigenvalue weighted by Gasteiger charge is 2.28. The Morgan fingerprint density at radius 3 is 2.96 bits per heavy atom. The van der Waals surface area contributed by atoms with Crippen molar-refractivity contribution in [2.75, 3.05) is 5.32 Å². The van der Waals surface area contributed by atoms with Crippen LogP contribution < -0.4 is 5.32 Å². The number of tetrazole rings is 1. The monoisotopic (exact) mass is 399 g/mol. The maximum atomic E-state index is 12.1. The van der Waals surface area contributed by atoms with Gasteiger partial charge in [-0.25, -0.2) is 4.68 Å². The molecular formula is C17H14BrN5O2. The zero-order valence-electron chi connectivity index (χ0n) is 13.1. The number of amides is 1. The van der Waals surface area contributed by atoms with E-state index in [0.717, 1.165) is 24.2 Å². The molecule has 0 saturated heterocycles. The summed E-state index contributed by atoms with van der Waals surface area (Å²) in [6.45, 7) is 0. The van der Waals surface area contributed by atoms with Crippen LogP contribution >= 0.6 is 15.9 Å². The normalized spacial score (nSPS) is 14.1. The highest BCUT2D eigenvalue weighted by molar-refractivity contribution is 9.10. The third-order valence-corrected chi connectivity index (χ3v) is 4.19. The Balaban J connectivity index is 1.48. The number of halogens is 1. The van der Waals surface area contributed by atoms with E-state index < -0.39 is 0 Å². The van der Waals surface area contributed by atoms with Crippen molar-refractivity contribution in [1.82, 2.24) is 20.2 Å². The van der Waals surface area contributed by atoms with Gasteiger partial charge in [-0.05, 0) is 69.5 Å². The van der Waals surface area contributed by atoms with Crippen molar-refractivity contribution in [3.8, 4) is 11.4 Å². The Morgan fingerprint density at radius 2 is 2.20 bits per heavy atom. The van der Waals surface area contributed by atoms with Crippen LogP contribution in [0.2, 0.25) is 0 Å². The van der Waals surface area contributed by atoms with E-state index >= 15 is 0 Å². The largest absolute Gasteiger partial charge is 0.450 e. The lowest BCUT2D eigenvalue weighted by Crippen LogP contribution is -2.08. The number of hydrogen-bond donors (Lipinski definition) is 1. The van der Waals surface area contributed by atoms with Gasteiger partial charge in [0.05, 0.1) is 6.04 Å². The number of anilines is 1. The zero-order chi connectivity index (χ0) is 17.2. The molecule has 0 aliphatic heterocycles. The van der Waals surface area contributed by atoms with Crippen LogP contribution in [0.1, 0.15) is 24.6 Å². The first-order valence-electron chi connectivity index (χ1n) is 7.82. The summed E-state index contributed by atoms with van der Waals surface area (Å²) in [5.74, 6) is 1.07. The van der Waals surface area contributed by atoms with E-state index in [4.69, 9.17) is 4.42 Å². The molecule has 7 nitrogen and oxygen atoms in total. The van der Waals surface area contributed by atoms with Gasteiger partial charge in [0.15, 0.2) is 10.5 Å². The van der Waals surface area contributed by atoms with E-state index in [2.05, 4.69) is 36.8 Å². The lowest BCUT2D eigenvalue weighted by molar-refractivity contribution is -0.111. The number of nitrogens with one attached hydrogen (secondary N) is 1. The summed E-state index contributed by atoms with van der Waals surface area (Å²) in [6.07, 6.45) is 5.23. The first-order chi connectivity index (χ1) is 12.2. The molecule has 1 fully saturated rings. The number of aromatic nitrogens is 4. The molecule has 1 saturated carbocycles. The van der Waals surface area contributed by atoms with Crippen LogP contribution in [0.4, 0.5) is 5.69 Å². The third kappa shape index (κ3) is 3.69. The van der Waals surface area contributed by atoms with E-state index in [9.17, 15) is 4.79 Å². The minimum absolute atomic E-state index is 0.244. The zero-order valence-corrected chi connectivity index (χ0v) is 14.7. The summed E-state index contributed by atoms with van der Waals surface area (Å²) in [5, 5.41) is 14.8. The standard InChI is InChI=1S/C17H14BrN5O2/c18-15-8-6-14(25-15)7-9-16(24)19-12-3-1-2-11(10-12)17-20-21-22-23(17)13-4-5-13/h1-3,6-10,13H,4-5H2,(H,19,24)/b9-7+. The predicted octanol–water partition coefficient (Wildman–Crippen LogP) is 3.68. The predicted molar refractivity (Wildman–Crippen MR) is 95.6 cm³/mol. The Morgan fingerprint density at radius 1 is 1.32 bits per heavy atom. The molecule has 1 N–H and O–H groups in total. The maximum Gasteiger partial charge on any atom is 0.248 e. The van der Waals surface area contributed by atoms with Crippen molar-refractivity contribution in [2.24, 2.45) is 0 Å². The summed E-state index contributed by atoms with van der Waals surface area (Å²) in [4.78, 5) is 12.1. The van der Waals surface area contributed by atoms with Gasteiger partial charge >= 0.3 is 0 Å². The average Bonchev–Trinajstić information content (AvgIpc) is 3.17. The van der Waals surface area contributed by atoms with Crippen LogP contribution in [-0.4, -0.2) is 26.1 Å². The Hall–Kier alpha value is -2.74. The highest BCUT2D eigenvalue weighted by Crippen LogP contribution is 2.36. The fourth-order valence-corrected chi connectivity index (χ4v) is 2.76. The van der Waals surface area contributed by atoms with Crippen LogP contribution in [0.15, 0.2) is 51.6 Å². The summed E-state index contributed by atoms with van der Waals surface area (Å²) in [6, 6.07) is 11.4. The van der Waals surface area contributed by atoms with Gasteiger partial charge in [0.25, 0.3) is 0 Å². The number of benzene rings is 1. The molecule has 2 aromatic heterocycles. The molecule has 126 valence electrons. The Labute approximate surface area is 151 Å². The Kier molecular flexibility index (Phi) is 4.19. The number of carbonyl (C=O) groups is 1. The number of rotatable bonds is 5. The minimum Gasteiger partial charge on any atom is -0.450 e. The van der Waals surface area contributed by atoms with Gasteiger partial charge in [-0.1, -0.05) is 12.1 Å². The van der Waals surface area contributed by atoms with Crippen molar-refractivity contribution in [1.29, 1.82) is 0 Å². The second kappa shape index (κ2) is 6.64. The molecular weight excluding hydrogens is 386 g/mol. The van der Waals surface area contributed by atoms with Crippen LogP contribution in [0.25, 0.3) is 17.5 Å². The van der Waals surface area contributed by atoms with E-state index in [1.54, 1.807) is 18.2 Å². The summed E-state index contributed by atoms with van der Waals surface area (Å²) >= 11 is 3.22. The van der Waals surface area contributed by atoms with Crippen LogP contribution in [0.3, 0.4) is 0 Å². The number of hydrogen-bond acceptors (Lipinski definition) is 5. The number of nitrogens with zero attached hydrogens (tertiary/aromatic N) is 4. The van der Waals surface area contributed by atoms with Gasteiger partial charge in [-0.15, -0.1) is 5.10 Å². The molecule has 1 aliphatic rings. The number of carbonyl (C=O) groups excluding carboxylic acids is 1. The quantitative estimate of drug-likeness (QED) is 0.661. The summed E-state index contributed by atoms with van der Waals surface area (Å²) in [7, 11) is 0. The fourth-order valence-electron chi connectivity index (χ4n) is 2.44. The van der Waals surface area contributed by atoms with Gasteiger partial charge in [0.1, 0.15) is 5.76 Å². The molecule has 25 heavy (non-hydrogen) atoms. The van der Waals surface area contributed by atoms with Gasteiger partial charge in [0, 0.05) is 17.3 Å². The third-order valence-electron chi connectivity index (χ3n) is 3.77. The molecule has 0 radical (unpaired) electrons.